The molecule has 11 nitrogen and oxygen atoms in total. The number of nitrogens with zero attached hydrogens (tertiary/aromatic N) is 4. The quantitative estimate of drug-likeness (QED) is 0.215. The van der Waals surface area contributed by atoms with Gasteiger partial charge in [-0.25, -0.2) is 0 Å². The number of unbranched alkanes of at least 4 members (excludes halogenated alkanes) is 2. The Morgan fingerprint density at radius 2 is 1.85 bits per heavy atom. The van der Waals surface area contributed by atoms with Crippen LogP contribution in [0.5, 0.6) is 17.2 Å². The van der Waals surface area contributed by atoms with E-state index in [4.69, 9.17) is 14.2 Å². The molecule has 0 bridgehead atoms. The summed E-state index contributed by atoms with van der Waals surface area (Å²) in [5.41, 5.74) is 2.62. The maximum absolute atomic E-state index is 14.0. The van der Waals surface area contributed by atoms with Crippen molar-refractivity contribution in [3.8, 4) is 17.2 Å². The number of hydrogen-bond acceptors (Lipinski definition) is 7. The Morgan fingerprint density at radius 3 is 2.57 bits per heavy atom. The van der Waals surface area contributed by atoms with Crippen LogP contribution in [0.4, 0.5) is 5.69 Å². The lowest BCUT2D eigenvalue weighted by Gasteiger charge is -2.31. The van der Waals surface area contributed by atoms with Gasteiger partial charge >= 0.3 is 5.97 Å². The van der Waals surface area contributed by atoms with Gasteiger partial charge in [0.15, 0.2) is 11.5 Å². The molecule has 2 amide bonds. The van der Waals surface area contributed by atoms with E-state index in [1.165, 1.54) is 0 Å². The van der Waals surface area contributed by atoms with Gasteiger partial charge in [0, 0.05) is 43.8 Å². The Balaban J connectivity index is 1.41. The van der Waals surface area contributed by atoms with E-state index in [2.05, 4.69) is 28.1 Å². The van der Waals surface area contributed by atoms with Crippen LogP contribution in [0.1, 0.15) is 56.1 Å². The highest BCUT2D eigenvalue weighted by Gasteiger charge is 2.48. The molecule has 1 saturated heterocycles. The van der Waals surface area contributed by atoms with Crippen LogP contribution in [0.3, 0.4) is 0 Å². The number of carboxylic acid groups (broad SMARTS) is 1. The minimum absolute atomic E-state index is 0.00961. The highest BCUT2D eigenvalue weighted by Crippen LogP contribution is 2.47. The summed E-state index contributed by atoms with van der Waals surface area (Å²) in [6.07, 6.45) is 4.59. The summed E-state index contributed by atoms with van der Waals surface area (Å²) in [6, 6.07) is 11.0. The molecule has 1 N–H and O–H groups in total. The number of amides is 2. The summed E-state index contributed by atoms with van der Waals surface area (Å²) in [4.78, 5) is 45.9. The van der Waals surface area contributed by atoms with E-state index >= 15 is 0 Å². The van der Waals surface area contributed by atoms with Gasteiger partial charge in [0.1, 0.15) is 0 Å². The van der Waals surface area contributed by atoms with Crippen molar-refractivity contribution in [2.45, 2.75) is 57.4 Å². The number of ether oxygens (including phenoxy) is 3. The smallest absolute Gasteiger partial charge is 0.308 e. The Bertz CT molecular complexity index is 1440. The molecular formula is C36H51N4O7+. The predicted octanol–water partition coefficient (Wildman–Crippen LogP) is 3.99. The van der Waals surface area contributed by atoms with Crippen molar-refractivity contribution >= 4 is 23.5 Å². The Labute approximate surface area is 278 Å². The minimum Gasteiger partial charge on any atom is -0.493 e. The van der Waals surface area contributed by atoms with Crippen LogP contribution in [0.25, 0.3) is 0 Å². The molecule has 3 heterocycles. The molecule has 0 saturated carbocycles. The summed E-state index contributed by atoms with van der Waals surface area (Å²) >= 11 is 0. The van der Waals surface area contributed by atoms with Crippen molar-refractivity contribution in [2.75, 3.05) is 79.2 Å². The maximum atomic E-state index is 14.0. The number of methoxy groups -OCH3 is 1. The third kappa shape index (κ3) is 8.01. The normalized spacial score (nSPS) is 20.5. The van der Waals surface area contributed by atoms with Crippen molar-refractivity contribution < 1.29 is 38.2 Å². The molecule has 2 aromatic rings. The number of likely N-dealkylation sites (tertiary alicyclic amines) is 1. The highest BCUT2D eigenvalue weighted by molar-refractivity contribution is 6.01. The van der Waals surface area contributed by atoms with Gasteiger partial charge in [0.25, 0.3) is 0 Å². The molecule has 2 aromatic carbocycles. The molecule has 1 unspecified atom stereocenters. The van der Waals surface area contributed by atoms with E-state index in [9.17, 15) is 19.5 Å². The molecule has 0 spiro atoms. The molecule has 3 aliphatic heterocycles. The number of quaternary nitrogens is 1. The topological polar surface area (TPSA) is 109 Å². The summed E-state index contributed by atoms with van der Waals surface area (Å²) in [6.45, 7) is 5.46. The number of benzene rings is 2. The molecule has 3 aliphatic rings. The van der Waals surface area contributed by atoms with Crippen molar-refractivity contribution in [3.05, 3.63) is 47.5 Å². The van der Waals surface area contributed by atoms with E-state index in [0.29, 0.717) is 56.3 Å². The fourth-order valence-corrected chi connectivity index (χ4v) is 7.25. The molecule has 0 radical (unpaired) electrons. The van der Waals surface area contributed by atoms with E-state index in [1.54, 1.807) is 12.0 Å². The number of anilines is 1. The second kappa shape index (κ2) is 14.9. The number of hydrogen-bond donors (Lipinski definition) is 1. The van der Waals surface area contributed by atoms with Crippen LogP contribution >= 0.6 is 0 Å². The van der Waals surface area contributed by atoms with Crippen LogP contribution in [0, 0.1) is 5.92 Å². The van der Waals surface area contributed by atoms with Gasteiger partial charge in [-0.1, -0.05) is 31.5 Å². The summed E-state index contributed by atoms with van der Waals surface area (Å²) in [5.74, 6) is -0.619. The Hall–Kier alpha value is -3.83. The maximum Gasteiger partial charge on any atom is 0.308 e. The minimum atomic E-state index is -0.928. The first-order chi connectivity index (χ1) is 22.5. The lowest BCUT2D eigenvalue weighted by atomic mass is 9.84. The Kier molecular flexibility index (Phi) is 11.0. The summed E-state index contributed by atoms with van der Waals surface area (Å²) < 4.78 is 17.8. The van der Waals surface area contributed by atoms with E-state index < -0.39 is 23.8 Å². The van der Waals surface area contributed by atoms with Gasteiger partial charge in [-0.2, -0.15) is 0 Å². The molecule has 0 aliphatic carbocycles. The average molecular weight is 652 g/mol. The summed E-state index contributed by atoms with van der Waals surface area (Å²) in [7, 11) is 8.07. The second-order valence-electron chi connectivity index (χ2n) is 14.0. The van der Waals surface area contributed by atoms with Crippen LogP contribution in [0.2, 0.25) is 0 Å². The molecule has 256 valence electrons. The van der Waals surface area contributed by atoms with Gasteiger partial charge in [0.05, 0.1) is 53.7 Å². The fourth-order valence-electron chi connectivity index (χ4n) is 7.25. The second-order valence-corrected chi connectivity index (χ2v) is 14.0. The molecular weight excluding hydrogens is 600 g/mol. The lowest BCUT2D eigenvalue weighted by Crippen LogP contribution is -2.46. The van der Waals surface area contributed by atoms with Crippen LogP contribution < -0.4 is 19.1 Å². The standard InChI is InChI=1S/C36H50N4O7/c1-6-7-15-37(16-10-11-18-40(2,3)4)33(42)23-38-22-27(26-19-30(45-5)35-31(20-26)46-24-47-35)34(36(43)44)29(38)14-17-39-28-13-9-8-12-25(28)21-32(39)41/h8-9,12-13,19-20,27,29,34H,6-7,10-11,14-18,21-24H2,1-5H3/p+1/t27-,29+,34?/m1/s1. The Morgan fingerprint density at radius 1 is 1.09 bits per heavy atom. The first kappa shape index (κ1) is 34.5. The number of rotatable bonds is 16. The van der Waals surface area contributed by atoms with Gasteiger partial charge in [-0.15, -0.1) is 0 Å². The average Bonchev–Trinajstić information content (AvgIpc) is 3.73. The number of carboxylic acids is 1. The monoisotopic (exact) mass is 651 g/mol. The van der Waals surface area contributed by atoms with Crippen molar-refractivity contribution in [3.63, 3.8) is 0 Å². The number of carbonyl (C=O) groups is 3. The molecule has 3 atom stereocenters. The number of aliphatic carboxylic acids is 1. The van der Waals surface area contributed by atoms with E-state index in [1.807, 2.05) is 46.2 Å². The van der Waals surface area contributed by atoms with Crippen LogP contribution in [-0.4, -0.2) is 118 Å². The fraction of sp³-hybridized carbons (Fsp3) is 0.583. The molecule has 47 heavy (non-hydrogen) atoms. The van der Waals surface area contributed by atoms with Gasteiger partial charge in [0.2, 0.25) is 24.4 Å². The zero-order valence-corrected chi connectivity index (χ0v) is 28.6. The third-order valence-corrected chi connectivity index (χ3v) is 9.70. The summed E-state index contributed by atoms with van der Waals surface area (Å²) in [5, 5.41) is 10.7. The number of para-hydroxylation sites is 1. The SMILES string of the molecule is CCCCN(CCCC[N+](C)(C)C)C(=O)CN1C[C@H](c2cc(OC)c3c(c2)OCO3)C(C(=O)O)[C@@H]1CCN1C(=O)Cc2ccccc21. The molecule has 11 heteroatoms. The largest absolute Gasteiger partial charge is 0.493 e. The molecule has 5 rings (SSSR count). The van der Waals surface area contributed by atoms with Gasteiger partial charge in [-0.05, 0) is 55.0 Å². The van der Waals surface area contributed by atoms with Crippen LogP contribution in [-0.2, 0) is 20.8 Å². The number of carbonyl (C=O) groups excluding carboxylic acids is 2. The molecule has 0 aromatic heterocycles. The van der Waals surface area contributed by atoms with E-state index in [-0.39, 0.29) is 25.2 Å². The van der Waals surface area contributed by atoms with Crippen molar-refractivity contribution in [1.82, 2.24) is 9.80 Å². The zero-order chi connectivity index (χ0) is 33.7. The third-order valence-electron chi connectivity index (χ3n) is 9.70. The first-order valence-electron chi connectivity index (χ1n) is 16.9. The molecule has 1 fully saturated rings. The van der Waals surface area contributed by atoms with Gasteiger partial charge in [-0.3, -0.25) is 19.3 Å². The first-order valence-corrected chi connectivity index (χ1v) is 16.9. The van der Waals surface area contributed by atoms with Crippen LogP contribution in [0.15, 0.2) is 36.4 Å². The van der Waals surface area contributed by atoms with Crippen molar-refractivity contribution in [2.24, 2.45) is 5.92 Å². The van der Waals surface area contributed by atoms with Gasteiger partial charge < -0.3 is 33.6 Å². The number of fused-ring (bicyclic) bond motifs is 2. The zero-order valence-electron chi connectivity index (χ0n) is 28.6. The highest BCUT2D eigenvalue weighted by atomic mass is 16.7. The van der Waals surface area contributed by atoms with E-state index in [0.717, 1.165) is 53.5 Å². The lowest BCUT2D eigenvalue weighted by molar-refractivity contribution is -0.870. The predicted molar refractivity (Wildman–Crippen MR) is 179 cm³/mol. The van der Waals surface area contributed by atoms with Crippen molar-refractivity contribution in [1.29, 1.82) is 0 Å².